The third kappa shape index (κ3) is 3.05. The van der Waals surface area contributed by atoms with E-state index in [0.717, 1.165) is 0 Å². The first-order valence-electron chi connectivity index (χ1n) is 4.48. The maximum Gasteiger partial charge on any atom is 0.264 e. The first-order valence-corrected chi connectivity index (χ1v) is 8.74. The van der Waals surface area contributed by atoms with Gasteiger partial charge < -0.3 is 0 Å². The largest absolute Gasteiger partial charge is 0.276 e. The number of nitrogens with zero attached hydrogens (tertiary/aromatic N) is 1. The molecule has 0 aliphatic rings. The summed E-state index contributed by atoms with van der Waals surface area (Å²) < 4.78 is 27.9. The van der Waals surface area contributed by atoms with Crippen LogP contribution in [0.25, 0.3) is 0 Å². The molecule has 2 rings (SSSR count). The van der Waals surface area contributed by atoms with Gasteiger partial charge in [-0.05, 0) is 50.1 Å². The third-order valence-corrected chi connectivity index (χ3v) is 6.34. The lowest BCUT2D eigenvalue weighted by molar-refractivity contribution is 0.601. The van der Waals surface area contributed by atoms with Crippen molar-refractivity contribution in [2.45, 2.75) is 4.90 Å². The Hall–Kier alpha value is -0.150. The van der Waals surface area contributed by atoms with Crippen molar-refractivity contribution in [3.05, 3.63) is 37.1 Å². The number of halogens is 3. The molecular weight excluding hydrogens is 428 g/mol. The molecule has 1 N–H and O–H groups in total. The van der Waals surface area contributed by atoms with E-state index in [1.54, 1.807) is 12.1 Å². The fourth-order valence-corrected chi connectivity index (χ4v) is 6.27. The second-order valence-electron chi connectivity index (χ2n) is 3.14. The van der Waals surface area contributed by atoms with Gasteiger partial charge in [-0.1, -0.05) is 11.6 Å². The van der Waals surface area contributed by atoms with Crippen LogP contribution in [0.3, 0.4) is 0 Å². The molecule has 0 aliphatic carbocycles. The molecule has 2 aromatic heterocycles. The monoisotopic (exact) mass is 430 g/mol. The lowest BCUT2D eigenvalue weighted by Gasteiger charge is -2.07. The van der Waals surface area contributed by atoms with Crippen LogP contribution in [0.1, 0.15) is 0 Å². The van der Waals surface area contributed by atoms with Gasteiger partial charge in [0, 0.05) is 6.20 Å². The minimum absolute atomic E-state index is 0.103. The van der Waals surface area contributed by atoms with Crippen LogP contribution in [0.5, 0.6) is 0 Å². The Morgan fingerprint density at radius 3 is 2.67 bits per heavy atom. The molecule has 0 unspecified atom stereocenters. The molecule has 0 radical (unpaired) electrons. The van der Waals surface area contributed by atoms with Crippen molar-refractivity contribution in [3.63, 3.8) is 0 Å². The molecule has 2 heterocycles. The first kappa shape index (κ1) is 14.3. The molecule has 0 amide bonds. The van der Waals surface area contributed by atoms with Crippen molar-refractivity contribution in [2.24, 2.45) is 0 Å². The van der Waals surface area contributed by atoms with E-state index in [0.29, 0.717) is 7.57 Å². The van der Waals surface area contributed by atoms with Crippen molar-refractivity contribution in [1.29, 1.82) is 0 Å². The summed E-state index contributed by atoms with van der Waals surface area (Å²) in [6, 6.07) is 4.66. The molecule has 0 saturated carbocycles. The van der Waals surface area contributed by atoms with Crippen molar-refractivity contribution >= 4 is 70.5 Å². The predicted molar refractivity (Wildman–Crippen MR) is 79.8 cm³/mol. The van der Waals surface area contributed by atoms with Crippen LogP contribution >= 0.6 is 54.8 Å². The number of nitrogens with one attached hydrogen (secondary N) is 1. The van der Waals surface area contributed by atoms with Gasteiger partial charge in [-0.15, -0.1) is 11.3 Å². The SMILES string of the molecule is O=S(=O)(Nc1cccnc1Cl)c1cc(Br)sc1Br. The first-order chi connectivity index (χ1) is 8.40. The van der Waals surface area contributed by atoms with Crippen molar-refractivity contribution in [2.75, 3.05) is 4.72 Å². The predicted octanol–water partition coefficient (Wildman–Crippen LogP) is 4.12. The highest BCUT2D eigenvalue weighted by molar-refractivity contribution is 9.12. The van der Waals surface area contributed by atoms with Crippen LogP contribution in [-0.4, -0.2) is 13.4 Å². The maximum atomic E-state index is 12.1. The van der Waals surface area contributed by atoms with E-state index >= 15 is 0 Å². The summed E-state index contributed by atoms with van der Waals surface area (Å²) in [6.07, 6.45) is 1.48. The Balaban J connectivity index is 2.40. The number of hydrogen-bond donors (Lipinski definition) is 1. The lowest BCUT2D eigenvalue weighted by atomic mass is 10.4. The fraction of sp³-hybridized carbons (Fsp3) is 0. The second kappa shape index (κ2) is 5.46. The average molecular weight is 433 g/mol. The van der Waals surface area contributed by atoms with Gasteiger partial charge in [0.1, 0.15) is 4.90 Å². The van der Waals surface area contributed by atoms with Gasteiger partial charge in [0.2, 0.25) is 0 Å². The van der Waals surface area contributed by atoms with E-state index in [-0.39, 0.29) is 15.7 Å². The zero-order valence-corrected chi connectivity index (χ0v) is 14.1. The molecule has 9 heteroatoms. The molecule has 0 atom stereocenters. The number of hydrogen-bond acceptors (Lipinski definition) is 4. The standard InChI is InChI=1S/C9H5Br2ClN2O2S2/c10-7-4-6(8(11)17-7)18(15,16)14-5-2-1-3-13-9(5)12/h1-4,14H. The van der Waals surface area contributed by atoms with Crippen LogP contribution < -0.4 is 4.72 Å². The lowest BCUT2D eigenvalue weighted by Crippen LogP contribution is -2.13. The highest BCUT2D eigenvalue weighted by atomic mass is 79.9. The van der Waals surface area contributed by atoms with E-state index in [1.807, 2.05) is 0 Å². The summed E-state index contributed by atoms with van der Waals surface area (Å²) in [4.78, 5) is 3.96. The van der Waals surface area contributed by atoms with E-state index in [9.17, 15) is 8.42 Å². The number of pyridine rings is 1. The molecular formula is C9H5Br2ClN2O2S2. The van der Waals surface area contributed by atoms with Crippen molar-refractivity contribution in [3.8, 4) is 0 Å². The molecule has 18 heavy (non-hydrogen) atoms. The van der Waals surface area contributed by atoms with Crippen LogP contribution in [-0.2, 0) is 10.0 Å². The van der Waals surface area contributed by atoms with E-state index < -0.39 is 10.0 Å². The number of aromatic nitrogens is 1. The number of anilines is 1. The zero-order valence-electron chi connectivity index (χ0n) is 8.52. The summed E-state index contributed by atoms with van der Waals surface area (Å²) in [6.45, 7) is 0. The smallest absolute Gasteiger partial charge is 0.264 e. The molecule has 0 bridgehead atoms. The number of sulfonamides is 1. The molecule has 2 aromatic rings. The van der Waals surface area contributed by atoms with Gasteiger partial charge in [-0.2, -0.15) is 0 Å². The van der Waals surface area contributed by atoms with Crippen LogP contribution in [0.4, 0.5) is 5.69 Å². The van der Waals surface area contributed by atoms with Gasteiger partial charge in [0.25, 0.3) is 10.0 Å². The van der Waals surface area contributed by atoms with Crippen LogP contribution in [0.2, 0.25) is 5.15 Å². The quantitative estimate of drug-likeness (QED) is 0.743. The van der Waals surface area contributed by atoms with E-state index in [4.69, 9.17) is 11.6 Å². The third-order valence-electron chi connectivity index (χ3n) is 1.92. The highest BCUT2D eigenvalue weighted by Crippen LogP contribution is 2.36. The molecule has 0 saturated heterocycles. The van der Waals surface area contributed by atoms with Crippen LogP contribution in [0.15, 0.2) is 36.9 Å². The number of thiophene rings is 1. The van der Waals surface area contributed by atoms with E-state index in [1.165, 1.54) is 23.6 Å². The average Bonchev–Trinajstić information content (AvgIpc) is 2.62. The van der Waals surface area contributed by atoms with E-state index in [2.05, 4.69) is 41.6 Å². The molecule has 0 spiro atoms. The maximum absolute atomic E-state index is 12.1. The van der Waals surface area contributed by atoms with Gasteiger partial charge in [-0.3, -0.25) is 4.72 Å². The Morgan fingerprint density at radius 1 is 1.39 bits per heavy atom. The topological polar surface area (TPSA) is 59.1 Å². The molecule has 4 nitrogen and oxygen atoms in total. The van der Waals surface area contributed by atoms with Gasteiger partial charge in [0.05, 0.1) is 13.3 Å². The summed E-state index contributed by atoms with van der Waals surface area (Å²) in [5.74, 6) is 0. The summed E-state index contributed by atoms with van der Waals surface area (Å²) >= 11 is 13.5. The molecule has 0 aromatic carbocycles. The minimum Gasteiger partial charge on any atom is -0.276 e. The molecule has 96 valence electrons. The summed E-state index contributed by atoms with van der Waals surface area (Å²) in [7, 11) is -3.69. The Bertz CT molecular complexity index is 688. The van der Waals surface area contributed by atoms with Gasteiger partial charge in [0.15, 0.2) is 5.15 Å². The number of rotatable bonds is 3. The fourth-order valence-electron chi connectivity index (χ4n) is 1.17. The second-order valence-corrected chi connectivity index (χ2v) is 8.89. The Kier molecular flexibility index (Phi) is 4.32. The summed E-state index contributed by atoms with van der Waals surface area (Å²) in [5.41, 5.74) is 0.244. The van der Waals surface area contributed by atoms with Crippen molar-refractivity contribution in [1.82, 2.24) is 4.98 Å². The summed E-state index contributed by atoms with van der Waals surface area (Å²) in [5, 5.41) is 0.103. The van der Waals surface area contributed by atoms with Crippen LogP contribution in [0, 0.1) is 0 Å². The zero-order chi connectivity index (χ0) is 13.3. The van der Waals surface area contributed by atoms with Gasteiger partial charge in [-0.25, -0.2) is 13.4 Å². The Labute approximate surface area is 130 Å². The normalized spacial score (nSPS) is 11.5. The van der Waals surface area contributed by atoms with Crippen molar-refractivity contribution < 1.29 is 8.42 Å². The van der Waals surface area contributed by atoms with Gasteiger partial charge >= 0.3 is 0 Å². The molecule has 0 aliphatic heterocycles. The Morgan fingerprint density at radius 2 is 2.11 bits per heavy atom. The highest BCUT2D eigenvalue weighted by Gasteiger charge is 2.21. The minimum atomic E-state index is -3.69. The molecule has 0 fully saturated rings.